The van der Waals surface area contributed by atoms with Gasteiger partial charge in [0.2, 0.25) is 0 Å². The van der Waals surface area contributed by atoms with Crippen molar-refractivity contribution in [2.45, 2.75) is 139 Å². The topological polar surface area (TPSA) is 46.5 Å². The number of hydrogen-bond donors (Lipinski definition) is 1. The summed E-state index contributed by atoms with van der Waals surface area (Å²) in [6.45, 7) is 22.0. The number of aliphatic hydroxyl groups is 1. The first-order valence-corrected chi connectivity index (χ1v) is 16.7. The number of rotatable bonds is 5. The van der Waals surface area contributed by atoms with Crippen LogP contribution in [0.3, 0.4) is 0 Å². The van der Waals surface area contributed by atoms with Crippen molar-refractivity contribution in [2.75, 3.05) is 6.61 Å². The van der Waals surface area contributed by atoms with E-state index in [4.69, 9.17) is 4.74 Å². The van der Waals surface area contributed by atoms with E-state index in [2.05, 4.69) is 55.4 Å². The highest BCUT2D eigenvalue weighted by Crippen LogP contribution is 2.76. The molecule has 222 valence electrons. The summed E-state index contributed by atoms with van der Waals surface area (Å²) in [6.07, 6.45) is 16.9. The van der Waals surface area contributed by atoms with Gasteiger partial charge in [-0.15, -0.1) is 0 Å². The molecule has 0 radical (unpaired) electrons. The van der Waals surface area contributed by atoms with Gasteiger partial charge in [-0.2, -0.15) is 0 Å². The van der Waals surface area contributed by atoms with E-state index >= 15 is 0 Å². The van der Waals surface area contributed by atoms with Gasteiger partial charge < -0.3 is 9.84 Å². The zero-order valence-corrected chi connectivity index (χ0v) is 26.9. The van der Waals surface area contributed by atoms with Crippen LogP contribution in [0.1, 0.15) is 133 Å². The van der Waals surface area contributed by atoms with Gasteiger partial charge in [0.05, 0.1) is 12.0 Å². The minimum Gasteiger partial charge on any atom is -0.362 e. The number of ether oxygens (including phenoxy) is 1. The Bertz CT molecular complexity index is 984. The molecule has 0 aromatic carbocycles. The number of fused-ring (bicyclic) bond motifs is 7. The quantitative estimate of drug-likeness (QED) is 0.279. The summed E-state index contributed by atoms with van der Waals surface area (Å²) in [4.78, 5) is 13.7. The third-order valence-corrected chi connectivity index (χ3v) is 14.9. The van der Waals surface area contributed by atoms with Gasteiger partial charge in [-0.3, -0.25) is 4.79 Å². The fourth-order valence-electron chi connectivity index (χ4n) is 12.2. The van der Waals surface area contributed by atoms with Gasteiger partial charge in [0.15, 0.2) is 5.79 Å². The van der Waals surface area contributed by atoms with Gasteiger partial charge in [0.25, 0.3) is 0 Å². The minimum absolute atomic E-state index is 0.143. The first-order valence-electron chi connectivity index (χ1n) is 16.7. The molecule has 5 rings (SSSR count). The monoisotopic (exact) mass is 540 g/mol. The largest absolute Gasteiger partial charge is 0.362 e. The van der Waals surface area contributed by atoms with Crippen LogP contribution in [0.25, 0.3) is 0 Å². The Kier molecular flexibility index (Phi) is 7.40. The molecule has 0 heterocycles. The van der Waals surface area contributed by atoms with Crippen molar-refractivity contribution in [3.63, 3.8) is 0 Å². The fourth-order valence-corrected chi connectivity index (χ4v) is 12.2. The molecule has 12 atom stereocenters. The van der Waals surface area contributed by atoms with Crippen molar-refractivity contribution in [3.05, 3.63) is 12.2 Å². The number of carbonyl (C=O) groups is 1. The van der Waals surface area contributed by atoms with Gasteiger partial charge >= 0.3 is 0 Å². The molecule has 39 heavy (non-hydrogen) atoms. The van der Waals surface area contributed by atoms with E-state index in [9.17, 15) is 9.90 Å². The summed E-state index contributed by atoms with van der Waals surface area (Å²) in [6, 6.07) is 0. The maximum Gasteiger partial charge on any atom is 0.182 e. The Morgan fingerprint density at radius 3 is 2.33 bits per heavy atom. The maximum atomic E-state index is 13.7. The Labute approximate surface area is 240 Å². The van der Waals surface area contributed by atoms with Crippen LogP contribution in [0.5, 0.6) is 0 Å². The summed E-state index contributed by atoms with van der Waals surface area (Å²) in [7, 11) is 0. The lowest BCUT2D eigenvalue weighted by molar-refractivity contribution is -0.253. The second-order valence-corrected chi connectivity index (χ2v) is 16.7. The number of ketones is 1. The molecule has 0 amide bonds. The molecule has 5 aliphatic rings. The van der Waals surface area contributed by atoms with Crippen LogP contribution in [-0.2, 0) is 9.53 Å². The fraction of sp³-hybridized carbons (Fsp3) is 0.917. The molecule has 0 aromatic heterocycles. The second kappa shape index (κ2) is 9.68. The predicted octanol–water partition coefficient (Wildman–Crippen LogP) is 8.98. The van der Waals surface area contributed by atoms with Crippen molar-refractivity contribution in [3.8, 4) is 0 Å². The lowest BCUT2D eigenvalue weighted by Gasteiger charge is -2.73. The third kappa shape index (κ3) is 4.28. The minimum atomic E-state index is -1.33. The summed E-state index contributed by atoms with van der Waals surface area (Å²) < 4.78 is 6.15. The van der Waals surface area contributed by atoms with Crippen LogP contribution in [0.4, 0.5) is 0 Å². The Morgan fingerprint density at radius 1 is 0.923 bits per heavy atom. The molecule has 0 saturated heterocycles. The molecule has 0 spiro atoms. The van der Waals surface area contributed by atoms with Crippen molar-refractivity contribution >= 4 is 5.78 Å². The third-order valence-electron chi connectivity index (χ3n) is 14.9. The SMILES string of the molecule is CCC=CC(C)(O)OCC1(C)C(=O)CCC2(C)C1CCC1(C)C2CCC2C3C(C)C(C)CCC3(C)CCC21C. The lowest BCUT2D eigenvalue weighted by atomic mass is 9.31. The van der Waals surface area contributed by atoms with Crippen LogP contribution in [0, 0.1) is 62.6 Å². The second-order valence-electron chi connectivity index (χ2n) is 16.7. The average Bonchev–Trinajstić information content (AvgIpc) is 2.88. The van der Waals surface area contributed by atoms with Crippen LogP contribution in [0.2, 0.25) is 0 Å². The van der Waals surface area contributed by atoms with Crippen molar-refractivity contribution in [2.24, 2.45) is 62.6 Å². The van der Waals surface area contributed by atoms with Gasteiger partial charge in [-0.05, 0) is 134 Å². The van der Waals surface area contributed by atoms with Crippen molar-refractivity contribution in [1.29, 1.82) is 0 Å². The Balaban J connectivity index is 1.45. The van der Waals surface area contributed by atoms with E-state index < -0.39 is 11.2 Å². The first kappa shape index (κ1) is 29.8. The van der Waals surface area contributed by atoms with E-state index in [1.807, 2.05) is 6.08 Å². The highest BCUT2D eigenvalue weighted by atomic mass is 16.6. The van der Waals surface area contributed by atoms with Crippen molar-refractivity contribution < 1.29 is 14.6 Å². The summed E-state index contributed by atoms with van der Waals surface area (Å²) in [5, 5.41) is 10.9. The molecule has 1 N–H and O–H groups in total. The van der Waals surface area contributed by atoms with E-state index in [1.165, 1.54) is 44.9 Å². The smallest absolute Gasteiger partial charge is 0.182 e. The first-order chi connectivity index (χ1) is 18.1. The van der Waals surface area contributed by atoms with Crippen LogP contribution >= 0.6 is 0 Å². The number of carbonyl (C=O) groups excluding carboxylic acids is 1. The van der Waals surface area contributed by atoms with Gasteiger partial charge in [0.1, 0.15) is 5.78 Å². The Hall–Kier alpha value is -0.670. The number of Topliss-reactive ketones (excluding diaryl/α,β-unsaturated/α-hetero) is 1. The molecule has 5 saturated carbocycles. The maximum absolute atomic E-state index is 13.7. The summed E-state index contributed by atoms with van der Waals surface area (Å²) in [5.74, 6) is 3.34. The molecule has 0 aliphatic heterocycles. The van der Waals surface area contributed by atoms with E-state index in [-0.39, 0.29) is 5.41 Å². The van der Waals surface area contributed by atoms with E-state index in [1.54, 1.807) is 13.0 Å². The molecular weight excluding hydrogens is 480 g/mol. The Morgan fingerprint density at radius 2 is 1.64 bits per heavy atom. The van der Waals surface area contributed by atoms with Crippen LogP contribution < -0.4 is 0 Å². The molecule has 5 aliphatic carbocycles. The summed E-state index contributed by atoms with van der Waals surface area (Å²) in [5.41, 5.74) is 0.832. The lowest BCUT2D eigenvalue weighted by Crippen LogP contribution is -2.67. The number of allylic oxidation sites excluding steroid dienone is 1. The van der Waals surface area contributed by atoms with Crippen LogP contribution in [-0.4, -0.2) is 23.3 Å². The zero-order valence-electron chi connectivity index (χ0n) is 26.9. The highest BCUT2D eigenvalue weighted by Gasteiger charge is 2.70. The van der Waals surface area contributed by atoms with Gasteiger partial charge in [0, 0.05) is 6.42 Å². The number of hydrogen-bond acceptors (Lipinski definition) is 3. The summed E-state index contributed by atoms with van der Waals surface area (Å²) >= 11 is 0. The van der Waals surface area contributed by atoms with Crippen molar-refractivity contribution in [1.82, 2.24) is 0 Å². The van der Waals surface area contributed by atoms with Crippen LogP contribution in [0.15, 0.2) is 12.2 Å². The highest BCUT2D eigenvalue weighted by molar-refractivity contribution is 5.86. The molecule has 3 nitrogen and oxygen atoms in total. The molecule has 12 unspecified atom stereocenters. The average molecular weight is 541 g/mol. The predicted molar refractivity (Wildman–Crippen MR) is 160 cm³/mol. The normalized spacial score (nSPS) is 53.3. The molecule has 5 fully saturated rings. The molecule has 0 aromatic rings. The standard InChI is InChI=1S/C36H60O3/c1-10-11-17-36(9,38)39-23-33(6)27-15-20-35(8)28(32(27,5)19-16-29(33)37)13-12-26-30-25(3)24(2)14-18-31(30,4)21-22-34(26,35)7/h11,17,24-28,30,38H,10,12-16,18-23H2,1-9H3. The molecule has 0 bridgehead atoms. The molecule has 3 heteroatoms. The van der Waals surface area contributed by atoms with E-state index in [0.29, 0.717) is 46.9 Å². The van der Waals surface area contributed by atoms with E-state index in [0.717, 1.165) is 42.9 Å². The van der Waals surface area contributed by atoms with Gasteiger partial charge in [-0.1, -0.05) is 61.5 Å². The van der Waals surface area contributed by atoms with Gasteiger partial charge in [-0.25, -0.2) is 0 Å². The molecular formula is C36H60O3. The zero-order chi connectivity index (χ0) is 28.6.